The molecule has 0 spiro atoms. The molecule has 248 valence electrons. The second-order valence-electron chi connectivity index (χ2n) is 11.0. The zero-order chi connectivity index (χ0) is 31.8. The smallest absolute Gasteiger partial charge is 1.00 e. The minimum atomic E-state index is -1.04. The number of hydrogen-bond acceptors (Lipinski definition) is 8. The molecule has 0 bridgehead atoms. The number of ketones is 1. The molecule has 2 fully saturated rings. The van der Waals surface area contributed by atoms with Crippen LogP contribution in [0.15, 0.2) is 43.5 Å². The molecule has 0 aromatic rings. The maximum absolute atomic E-state index is 11.3. The molecule has 8 nitrogen and oxygen atoms in total. The number of ether oxygens (including phenoxy) is 3. The topological polar surface area (TPSA) is 116 Å². The van der Waals surface area contributed by atoms with Crippen molar-refractivity contribution in [3.63, 3.8) is 0 Å². The summed E-state index contributed by atoms with van der Waals surface area (Å²) < 4.78 is 15.3. The number of allylic oxidation sites excluding steroid dienone is 1. The number of hydrogen-bond donors (Lipinski definition) is 1. The summed E-state index contributed by atoms with van der Waals surface area (Å²) in [5.74, 6) is -0.0609. The molecule has 10 heteroatoms. The monoisotopic (exact) mass is 694 g/mol. The van der Waals surface area contributed by atoms with Crippen LogP contribution in [0, 0.1) is 24.3 Å². The Morgan fingerprint density at radius 2 is 1.36 bits per heavy atom. The van der Waals surface area contributed by atoms with Crippen LogP contribution in [0.3, 0.4) is 0 Å². The molecule has 1 N–H and O–H groups in total. The maximum Gasteiger partial charge on any atom is 2.00 e. The molecule has 0 radical (unpaired) electrons. The van der Waals surface area contributed by atoms with Crippen LogP contribution in [0.5, 0.6) is 0 Å². The predicted octanol–water partition coefficient (Wildman–Crippen LogP) is 3.29. The largest absolute Gasteiger partial charge is 2.00 e. The predicted molar refractivity (Wildman–Crippen MR) is 172 cm³/mol. The summed E-state index contributed by atoms with van der Waals surface area (Å²) in [7, 11) is 0. The summed E-state index contributed by atoms with van der Waals surface area (Å²) in [6.07, 6.45) is 11.5. The van der Waals surface area contributed by atoms with E-state index in [0.717, 1.165) is 44.1 Å². The molecule has 0 saturated heterocycles. The number of aliphatic hydroxyl groups is 1. The zero-order valence-corrected chi connectivity index (χ0v) is 29.9. The molecular formula is C34H55BrMgO8. The van der Waals surface area contributed by atoms with Crippen LogP contribution < -0.4 is 17.0 Å². The van der Waals surface area contributed by atoms with E-state index in [1.54, 1.807) is 6.08 Å². The van der Waals surface area contributed by atoms with E-state index in [-0.39, 0.29) is 89.1 Å². The number of halogens is 1. The molecular weight excluding hydrogens is 641 g/mol. The fraction of sp³-hybridized carbons (Fsp3) is 0.647. The van der Waals surface area contributed by atoms with Gasteiger partial charge in [0.05, 0.1) is 0 Å². The molecule has 0 aromatic carbocycles. The number of rotatable bonds is 5. The van der Waals surface area contributed by atoms with Crippen molar-refractivity contribution < 1.29 is 55.5 Å². The third-order valence-corrected chi connectivity index (χ3v) is 7.48. The first kappa shape index (κ1) is 49.1. The molecule has 7 atom stereocenters. The molecule has 0 heterocycles. The second-order valence-corrected chi connectivity index (χ2v) is 11.0. The van der Waals surface area contributed by atoms with Crippen LogP contribution in [-0.2, 0) is 33.4 Å². The van der Waals surface area contributed by atoms with Gasteiger partial charge < -0.3 is 42.9 Å². The SMILES string of the molecule is C.C=CC1(O)CCCC(C)C1OC(C)=O.C=CC1=CCCC(C)C1OC(C)=O.CC(=O)OC1C(=O)CCCC1C.[Br-].[CH-]=C.[Mg+2]. The summed E-state index contributed by atoms with van der Waals surface area (Å²) in [6, 6.07) is 0. The van der Waals surface area contributed by atoms with Gasteiger partial charge in [-0.1, -0.05) is 53.0 Å². The first-order valence-corrected chi connectivity index (χ1v) is 14.4. The Morgan fingerprint density at radius 3 is 1.82 bits per heavy atom. The Kier molecular flexibility index (Phi) is 28.4. The van der Waals surface area contributed by atoms with Gasteiger partial charge in [-0.3, -0.25) is 25.8 Å². The van der Waals surface area contributed by atoms with Crippen molar-refractivity contribution >= 4 is 46.7 Å². The van der Waals surface area contributed by atoms with Crippen LogP contribution in [-0.4, -0.2) is 75.8 Å². The zero-order valence-electron chi connectivity index (χ0n) is 26.9. The fourth-order valence-corrected chi connectivity index (χ4v) is 5.35. The normalized spacial score (nSPS) is 28.4. The van der Waals surface area contributed by atoms with Gasteiger partial charge in [-0.15, -0.1) is 6.58 Å². The van der Waals surface area contributed by atoms with Crippen molar-refractivity contribution in [1.29, 1.82) is 0 Å². The van der Waals surface area contributed by atoms with Gasteiger partial charge in [0.1, 0.15) is 17.8 Å². The van der Waals surface area contributed by atoms with Crippen molar-refractivity contribution in [3.8, 4) is 0 Å². The molecule has 7 unspecified atom stereocenters. The summed E-state index contributed by atoms with van der Waals surface area (Å²) in [4.78, 5) is 43.6. The third kappa shape index (κ3) is 17.1. The average Bonchev–Trinajstić information content (AvgIpc) is 2.91. The number of Topliss-reactive ketones (excluding diaryl/α,β-unsaturated/α-hetero) is 1. The molecule has 44 heavy (non-hydrogen) atoms. The quantitative estimate of drug-likeness (QED) is 0.153. The molecule has 2 saturated carbocycles. The number of carbonyl (C=O) groups excluding carboxylic acids is 4. The van der Waals surface area contributed by atoms with Gasteiger partial charge in [-0.2, -0.15) is 0 Å². The Morgan fingerprint density at radius 1 is 0.886 bits per heavy atom. The van der Waals surface area contributed by atoms with Gasteiger partial charge >= 0.3 is 41.0 Å². The average molecular weight is 696 g/mol. The maximum atomic E-state index is 11.3. The van der Waals surface area contributed by atoms with Crippen LogP contribution in [0.1, 0.15) is 100 Å². The molecule has 0 aromatic heterocycles. The van der Waals surface area contributed by atoms with Crippen molar-refractivity contribution in [2.75, 3.05) is 0 Å². The molecule has 0 amide bonds. The first-order valence-electron chi connectivity index (χ1n) is 14.4. The fourth-order valence-electron chi connectivity index (χ4n) is 5.35. The van der Waals surface area contributed by atoms with Gasteiger partial charge in [0.25, 0.3) is 0 Å². The molecule has 3 rings (SSSR count). The van der Waals surface area contributed by atoms with E-state index in [4.69, 9.17) is 14.2 Å². The van der Waals surface area contributed by atoms with Crippen molar-refractivity contribution in [2.45, 2.75) is 124 Å². The number of esters is 3. The summed E-state index contributed by atoms with van der Waals surface area (Å²) in [5.41, 5.74) is 0.0116. The molecule has 3 aliphatic carbocycles. The Labute approximate surface area is 293 Å². The van der Waals surface area contributed by atoms with Gasteiger partial charge in [0.15, 0.2) is 11.9 Å². The van der Waals surface area contributed by atoms with Crippen LogP contribution in [0.4, 0.5) is 0 Å². The van der Waals surface area contributed by atoms with E-state index in [9.17, 15) is 24.3 Å². The van der Waals surface area contributed by atoms with E-state index in [0.29, 0.717) is 18.8 Å². The second kappa shape index (κ2) is 25.4. The van der Waals surface area contributed by atoms with Crippen molar-refractivity contribution in [3.05, 3.63) is 50.1 Å². The standard InChI is InChI=1S/C11H18O3.C11H16O2.C9H14O3.C2H3.CH4.BrH.Mg/c1-4-11(13)7-5-6-8(2)10(11)14-9(3)12;1-4-10-7-5-6-8(2)11(10)13-9(3)12;1-6-4-3-5-8(11)9(6)12-7(2)10;1-2;;;/h4,8,10,13H,1,5-7H2,2-3H3;4,7-8,11H,1,5-6H2,2-3H3;6,9H,3-5H2,1-2H3;1H,2H2;1H4;1H;/q;;;-1;;;+2/p-1. The van der Waals surface area contributed by atoms with Gasteiger partial charge in [0, 0.05) is 33.1 Å². The minimum absolute atomic E-state index is 0. The van der Waals surface area contributed by atoms with E-state index in [2.05, 4.69) is 39.3 Å². The van der Waals surface area contributed by atoms with Gasteiger partial charge in [0.2, 0.25) is 0 Å². The summed E-state index contributed by atoms with van der Waals surface area (Å²) >= 11 is 0. The molecule has 0 aliphatic heterocycles. The van der Waals surface area contributed by atoms with Crippen LogP contribution in [0.25, 0.3) is 0 Å². The Hall–Kier alpha value is -1.75. The Balaban J connectivity index is -0.000000257. The number of carbonyl (C=O) groups is 4. The van der Waals surface area contributed by atoms with Gasteiger partial charge in [-0.25, -0.2) is 0 Å². The van der Waals surface area contributed by atoms with Gasteiger partial charge in [-0.05, 0) is 62.4 Å². The summed E-state index contributed by atoms with van der Waals surface area (Å²) in [6.45, 7) is 24.5. The van der Waals surface area contributed by atoms with E-state index in [1.807, 2.05) is 13.8 Å². The minimum Gasteiger partial charge on any atom is -1.00 e. The molecule has 3 aliphatic rings. The Bertz CT molecular complexity index is 936. The van der Waals surface area contributed by atoms with E-state index >= 15 is 0 Å². The van der Waals surface area contributed by atoms with E-state index < -0.39 is 17.8 Å². The summed E-state index contributed by atoms with van der Waals surface area (Å²) in [5, 5.41) is 10.2. The van der Waals surface area contributed by atoms with Crippen LogP contribution in [0.2, 0.25) is 0 Å². The van der Waals surface area contributed by atoms with Crippen molar-refractivity contribution in [1.82, 2.24) is 0 Å². The van der Waals surface area contributed by atoms with E-state index in [1.165, 1.54) is 26.8 Å². The van der Waals surface area contributed by atoms with Crippen molar-refractivity contribution in [2.24, 2.45) is 17.8 Å². The van der Waals surface area contributed by atoms with Crippen LogP contribution >= 0.6 is 0 Å². The third-order valence-electron chi connectivity index (χ3n) is 7.48. The first-order chi connectivity index (χ1) is 19.2.